The van der Waals surface area contributed by atoms with Crippen molar-refractivity contribution < 1.29 is 13.2 Å². The highest BCUT2D eigenvalue weighted by Crippen LogP contribution is 2.25. The Labute approximate surface area is 184 Å². The fraction of sp³-hybridized carbons (Fsp3) is 0.316. The Kier molecular flexibility index (Phi) is 7.29. The van der Waals surface area contributed by atoms with Crippen LogP contribution in [0.3, 0.4) is 0 Å². The topological polar surface area (TPSA) is 108 Å². The number of aryl methyl sites for hydroxylation is 1. The van der Waals surface area contributed by atoms with Gasteiger partial charge in [-0.25, -0.2) is 13.4 Å². The lowest BCUT2D eigenvalue weighted by Gasteiger charge is -2.19. The van der Waals surface area contributed by atoms with Gasteiger partial charge in [0.1, 0.15) is 0 Å². The fourth-order valence-electron chi connectivity index (χ4n) is 2.76. The molecule has 0 saturated carbocycles. The number of carbonyl (C=O) groups excluding carboxylic acids is 1. The maximum absolute atomic E-state index is 12.7. The minimum atomic E-state index is -3.60. The first-order chi connectivity index (χ1) is 14.3. The van der Waals surface area contributed by atoms with Gasteiger partial charge in [0.15, 0.2) is 5.82 Å². The number of hydrogen-bond donors (Lipinski definition) is 2. The Morgan fingerprint density at radius 3 is 2.70 bits per heavy atom. The molecule has 1 aromatic carbocycles. The largest absolute Gasteiger partial charge is 0.325 e. The molecule has 0 spiro atoms. The molecule has 0 fully saturated rings. The summed E-state index contributed by atoms with van der Waals surface area (Å²) in [6.07, 6.45) is 0. The van der Waals surface area contributed by atoms with E-state index >= 15 is 0 Å². The normalized spacial score (nSPS) is 11.7. The van der Waals surface area contributed by atoms with E-state index in [0.29, 0.717) is 29.8 Å². The molecule has 0 unspecified atom stereocenters. The molecule has 0 aliphatic heterocycles. The third kappa shape index (κ3) is 5.09. The summed E-state index contributed by atoms with van der Waals surface area (Å²) in [5, 5.41) is 12.2. The lowest BCUT2D eigenvalue weighted by molar-refractivity contribution is -0.113. The number of benzene rings is 1. The minimum Gasteiger partial charge on any atom is -0.325 e. The average molecular weight is 466 g/mol. The van der Waals surface area contributed by atoms with Crippen molar-refractivity contribution in [3.05, 3.63) is 41.3 Å². The minimum absolute atomic E-state index is 0.105. The number of nitrogens with zero attached hydrogens (tertiary/aromatic N) is 3. The van der Waals surface area contributed by atoms with Crippen LogP contribution in [0.1, 0.15) is 19.4 Å². The molecule has 2 N–H and O–H groups in total. The molecule has 1 amide bonds. The monoisotopic (exact) mass is 465 g/mol. The summed E-state index contributed by atoms with van der Waals surface area (Å²) < 4.78 is 26.9. The van der Waals surface area contributed by atoms with Crippen molar-refractivity contribution >= 4 is 44.7 Å². The van der Waals surface area contributed by atoms with E-state index in [-0.39, 0.29) is 16.6 Å². The number of thioether (sulfide) groups is 1. The molecule has 0 atom stereocenters. The number of rotatable bonds is 9. The Hall–Kier alpha value is -2.21. The number of anilines is 1. The zero-order valence-electron chi connectivity index (χ0n) is 16.9. The smallest absolute Gasteiger partial charge is 0.243 e. The zero-order valence-corrected chi connectivity index (χ0v) is 19.3. The van der Waals surface area contributed by atoms with Crippen molar-refractivity contribution in [3.63, 3.8) is 0 Å². The SMILES string of the molecule is CCN(CC)S(=O)(=O)c1ccc(C)c(NC(=O)CSc2n[nH]c(-c3cccs3)n2)c1. The molecule has 0 radical (unpaired) electrons. The molecule has 0 aliphatic rings. The van der Waals surface area contributed by atoms with E-state index < -0.39 is 10.0 Å². The molecular weight excluding hydrogens is 442 g/mol. The molecule has 3 aromatic rings. The Balaban J connectivity index is 1.66. The van der Waals surface area contributed by atoms with Crippen LogP contribution in [0.15, 0.2) is 45.8 Å². The van der Waals surface area contributed by atoms with E-state index in [0.717, 1.165) is 10.4 Å². The Morgan fingerprint density at radius 2 is 2.03 bits per heavy atom. The molecule has 2 heterocycles. The first kappa shape index (κ1) is 22.5. The predicted molar refractivity (Wildman–Crippen MR) is 120 cm³/mol. The number of sulfonamides is 1. The highest BCUT2D eigenvalue weighted by molar-refractivity contribution is 7.99. The van der Waals surface area contributed by atoms with Crippen LogP contribution < -0.4 is 5.32 Å². The Bertz CT molecular complexity index is 1110. The zero-order chi connectivity index (χ0) is 21.7. The van der Waals surface area contributed by atoms with Crippen molar-refractivity contribution in [3.8, 4) is 10.7 Å². The molecule has 0 aliphatic carbocycles. The second kappa shape index (κ2) is 9.73. The van der Waals surface area contributed by atoms with E-state index in [1.54, 1.807) is 37.3 Å². The lowest BCUT2D eigenvalue weighted by Crippen LogP contribution is -2.30. The number of amides is 1. The number of hydrogen-bond acceptors (Lipinski definition) is 7. The second-order valence-electron chi connectivity index (χ2n) is 6.35. The molecule has 3 rings (SSSR count). The van der Waals surface area contributed by atoms with Crippen LogP contribution in [0.4, 0.5) is 5.69 Å². The van der Waals surface area contributed by atoms with Crippen molar-refractivity contribution in [2.24, 2.45) is 0 Å². The summed E-state index contributed by atoms with van der Waals surface area (Å²) in [5.74, 6) is 0.509. The summed E-state index contributed by atoms with van der Waals surface area (Å²) in [7, 11) is -3.60. The number of thiophene rings is 1. The third-order valence-corrected chi connectivity index (χ3v) is 8.15. The molecule has 30 heavy (non-hydrogen) atoms. The van der Waals surface area contributed by atoms with Crippen LogP contribution in [0, 0.1) is 6.92 Å². The van der Waals surface area contributed by atoms with Gasteiger partial charge in [0, 0.05) is 18.8 Å². The van der Waals surface area contributed by atoms with Crippen LogP contribution >= 0.6 is 23.1 Å². The summed E-state index contributed by atoms with van der Waals surface area (Å²) in [5.41, 5.74) is 1.26. The fourth-order valence-corrected chi connectivity index (χ4v) is 5.51. The van der Waals surface area contributed by atoms with E-state index in [1.807, 2.05) is 24.4 Å². The lowest BCUT2D eigenvalue weighted by atomic mass is 10.2. The first-order valence-electron chi connectivity index (χ1n) is 9.34. The second-order valence-corrected chi connectivity index (χ2v) is 10.2. The quantitative estimate of drug-likeness (QED) is 0.468. The van der Waals surface area contributed by atoms with Crippen LogP contribution in [0.25, 0.3) is 10.7 Å². The highest BCUT2D eigenvalue weighted by Gasteiger charge is 2.22. The maximum Gasteiger partial charge on any atom is 0.243 e. The summed E-state index contributed by atoms with van der Waals surface area (Å²) in [6, 6.07) is 8.64. The van der Waals surface area contributed by atoms with Crippen LogP contribution in [0.5, 0.6) is 0 Å². The van der Waals surface area contributed by atoms with Gasteiger partial charge in [-0.2, -0.15) is 4.31 Å². The first-order valence-corrected chi connectivity index (χ1v) is 12.7. The molecule has 0 saturated heterocycles. The molecule has 0 bridgehead atoms. The highest BCUT2D eigenvalue weighted by atomic mass is 32.2. The van der Waals surface area contributed by atoms with Crippen LogP contribution in [0.2, 0.25) is 0 Å². The van der Waals surface area contributed by atoms with Crippen molar-refractivity contribution in [1.82, 2.24) is 19.5 Å². The van der Waals surface area contributed by atoms with E-state index in [2.05, 4.69) is 20.5 Å². The van der Waals surface area contributed by atoms with Crippen LogP contribution in [-0.4, -0.2) is 52.7 Å². The molecule has 11 heteroatoms. The van der Waals surface area contributed by atoms with Gasteiger partial charge in [0.2, 0.25) is 21.1 Å². The maximum atomic E-state index is 12.7. The number of aromatic nitrogens is 3. The summed E-state index contributed by atoms with van der Waals surface area (Å²) >= 11 is 2.76. The predicted octanol–water partition coefficient (Wildman–Crippen LogP) is 3.60. The van der Waals surface area contributed by atoms with E-state index in [4.69, 9.17) is 0 Å². The van der Waals surface area contributed by atoms with E-state index in [9.17, 15) is 13.2 Å². The van der Waals surface area contributed by atoms with Gasteiger partial charge in [-0.3, -0.25) is 9.89 Å². The van der Waals surface area contributed by atoms with Gasteiger partial charge in [0.25, 0.3) is 0 Å². The van der Waals surface area contributed by atoms with Gasteiger partial charge < -0.3 is 5.32 Å². The van der Waals surface area contributed by atoms with Crippen molar-refractivity contribution in [2.75, 3.05) is 24.2 Å². The molecule has 2 aromatic heterocycles. The van der Waals surface area contributed by atoms with Gasteiger partial charge in [0.05, 0.1) is 15.5 Å². The molecule has 160 valence electrons. The number of nitrogens with one attached hydrogen (secondary N) is 2. The average Bonchev–Trinajstić information content (AvgIpc) is 3.40. The molecule has 8 nitrogen and oxygen atoms in total. The Morgan fingerprint density at radius 1 is 1.27 bits per heavy atom. The van der Waals surface area contributed by atoms with Crippen molar-refractivity contribution in [2.45, 2.75) is 30.8 Å². The van der Waals surface area contributed by atoms with Gasteiger partial charge in [-0.1, -0.05) is 37.7 Å². The van der Waals surface area contributed by atoms with Gasteiger partial charge >= 0.3 is 0 Å². The van der Waals surface area contributed by atoms with Crippen LogP contribution in [-0.2, 0) is 14.8 Å². The van der Waals surface area contributed by atoms with Gasteiger partial charge in [-0.05, 0) is 36.1 Å². The summed E-state index contributed by atoms with van der Waals surface area (Å²) in [6.45, 7) is 6.17. The third-order valence-electron chi connectivity index (χ3n) is 4.38. The number of aromatic amines is 1. The number of carbonyl (C=O) groups is 1. The standard InChI is InChI=1S/C19H23N5O3S3/c1-4-24(5-2)30(26,27)14-9-8-13(3)15(11-14)20-17(25)12-29-19-21-18(22-23-19)16-7-6-10-28-16/h6-11H,4-5,12H2,1-3H3,(H,20,25)(H,21,22,23). The molecular formula is C19H23N5O3S3. The van der Waals surface area contributed by atoms with Crippen molar-refractivity contribution in [1.29, 1.82) is 0 Å². The van der Waals surface area contributed by atoms with E-state index in [1.165, 1.54) is 22.1 Å². The number of H-pyrrole nitrogens is 1. The summed E-state index contributed by atoms with van der Waals surface area (Å²) in [4.78, 5) is 17.9. The van der Waals surface area contributed by atoms with Gasteiger partial charge in [-0.15, -0.1) is 16.4 Å².